The lowest BCUT2D eigenvalue weighted by Gasteiger charge is -2.31. The summed E-state index contributed by atoms with van der Waals surface area (Å²) in [6, 6.07) is 12.7. The molecule has 4 heteroatoms. The number of amides is 1. The standard InChI is InChI=1S/C18H20N2O2/c1-13(2)14(3)20(12-16-8-6-10-22-16)18(21)17-9-5-4-7-15(17)11-19/h4-10,13-14H,12H2,1-3H3/t14-/m0/s1. The van der Waals surface area contributed by atoms with Crippen molar-refractivity contribution >= 4 is 5.91 Å². The molecule has 0 aliphatic heterocycles. The van der Waals surface area contributed by atoms with E-state index >= 15 is 0 Å². The highest BCUT2D eigenvalue weighted by Gasteiger charge is 2.26. The summed E-state index contributed by atoms with van der Waals surface area (Å²) >= 11 is 0. The third-order valence-electron chi connectivity index (χ3n) is 3.90. The third-order valence-corrected chi connectivity index (χ3v) is 3.90. The van der Waals surface area contributed by atoms with Gasteiger partial charge in [0.15, 0.2) is 0 Å². The van der Waals surface area contributed by atoms with E-state index in [1.54, 1.807) is 41.5 Å². The van der Waals surface area contributed by atoms with Gasteiger partial charge >= 0.3 is 0 Å². The summed E-state index contributed by atoms with van der Waals surface area (Å²) in [4.78, 5) is 14.7. The van der Waals surface area contributed by atoms with Crippen LogP contribution in [0.15, 0.2) is 47.1 Å². The van der Waals surface area contributed by atoms with Gasteiger partial charge in [-0.05, 0) is 37.1 Å². The Kier molecular flexibility index (Phi) is 5.00. The fourth-order valence-corrected chi connectivity index (χ4v) is 2.25. The number of carbonyl (C=O) groups excluding carboxylic acids is 1. The lowest BCUT2D eigenvalue weighted by atomic mass is 10.0. The normalized spacial score (nSPS) is 12.0. The highest BCUT2D eigenvalue weighted by molar-refractivity contribution is 5.96. The molecule has 1 aromatic heterocycles. The van der Waals surface area contributed by atoms with Gasteiger partial charge in [-0.25, -0.2) is 0 Å². The first-order valence-corrected chi connectivity index (χ1v) is 7.37. The van der Waals surface area contributed by atoms with Crippen LogP contribution in [0.3, 0.4) is 0 Å². The molecule has 2 aromatic rings. The van der Waals surface area contributed by atoms with E-state index in [1.807, 2.05) is 13.0 Å². The third kappa shape index (κ3) is 3.37. The van der Waals surface area contributed by atoms with Gasteiger partial charge in [-0.15, -0.1) is 0 Å². The summed E-state index contributed by atoms with van der Waals surface area (Å²) in [5.74, 6) is 0.887. The first kappa shape index (κ1) is 15.8. The van der Waals surface area contributed by atoms with Crippen LogP contribution in [0.2, 0.25) is 0 Å². The molecule has 0 unspecified atom stereocenters. The number of carbonyl (C=O) groups is 1. The number of nitriles is 1. The summed E-state index contributed by atoms with van der Waals surface area (Å²) in [5, 5.41) is 9.21. The second-order valence-electron chi connectivity index (χ2n) is 5.65. The molecule has 0 radical (unpaired) electrons. The van der Waals surface area contributed by atoms with E-state index in [1.165, 1.54) is 0 Å². The van der Waals surface area contributed by atoms with Crippen LogP contribution >= 0.6 is 0 Å². The molecule has 1 amide bonds. The number of rotatable bonds is 5. The maximum Gasteiger partial charge on any atom is 0.255 e. The number of furan rings is 1. The smallest absolute Gasteiger partial charge is 0.255 e. The zero-order chi connectivity index (χ0) is 16.1. The molecular formula is C18H20N2O2. The van der Waals surface area contributed by atoms with Crippen molar-refractivity contribution < 1.29 is 9.21 Å². The zero-order valence-corrected chi connectivity index (χ0v) is 13.1. The van der Waals surface area contributed by atoms with Crippen LogP contribution < -0.4 is 0 Å². The van der Waals surface area contributed by atoms with Crippen LogP contribution in [0.5, 0.6) is 0 Å². The highest BCUT2D eigenvalue weighted by atomic mass is 16.3. The summed E-state index contributed by atoms with van der Waals surface area (Å²) < 4.78 is 5.38. The molecule has 0 bridgehead atoms. The predicted octanol–water partition coefficient (Wildman–Crippen LogP) is 3.84. The van der Waals surface area contributed by atoms with Gasteiger partial charge in [0.1, 0.15) is 5.76 Å². The number of nitrogens with zero attached hydrogens (tertiary/aromatic N) is 2. The second kappa shape index (κ2) is 6.95. The Labute approximate surface area is 131 Å². The number of hydrogen-bond acceptors (Lipinski definition) is 3. The Morgan fingerprint density at radius 1 is 1.23 bits per heavy atom. The number of benzene rings is 1. The Balaban J connectivity index is 2.35. The summed E-state index contributed by atoms with van der Waals surface area (Å²) in [5.41, 5.74) is 0.831. The summed E-state index contributed by atoms with van der Waals surface area (Å²) in [7, 11) is 0. The van der Waals surface area contributed by atoms with Crippen LogP contribution in [0.25, 0.3) is 0 Å². The van der Waals surface area contributed by atoms with Gasteiger partial charge in [0, 0.05) is 6.04 Å². The average Bonchev–Trinajstić information content (AvgIpc) is 3.04. The molecule has 0 aliphatic carbocycles. The molecule has 0 aliphatic rings. The SMILES string of the molecule is CC(C)[C@H](C)N(Cc1ccco1)C(=O)c1ccccc1C#N. The minimum atomic E-state index is -0.144. The minimum absolute atomic E-state index is 0.0318. The predicted molar refractivity (Wildman–Crippen MR) is 84.0 cm³/mol. The van der Waals surface area contributed by atoms with E-state index in [-0.39, 0.29) is 11.9 Å². The fourth-order valence-electron chi connectivity index (χ4n) is 2.25. The molecule has 1 atom stereocenters. The van der Waals surface area contributed by atoms with Crippen molar-refractivity contribution in [2.75, 3.05) is 0 Å². The Morgan fingerprint density at radius 2 is 1.95 bits per heavy atom. The van der Waals surface area contributed by atoms with Crippen molar-refractivity contribution in [3.8, 4) is 6.07 Å². The first-order chi connectivity index (χ1) is 10.5. The maximum absolute atomic E-state index is 12.9. The van der Waals surface area contributed by atoms with Gasteiger partial charge in [-0.3, -0.25) is 4.79 Å². The Morgan fingerprint density at radius 3 is 2.55 bits per heavy atom. The average molecular weight is 296 g/mol. The molecule has 22 heavy (non-hydrogen) atoms. The van der Waals surface area contributed by atoms with E-state index < -0.39 is 0 Å². The molecule has 1 heterocycles. The van der Waals surface area contributed by atoms with Crippen LogP contribution in [0.4, 0.5) is 0 Å². The van der Waals surface area contributed by atoms with E-state index in [0.29, 0.717) is 23.6 Å². The van der Waals surface area contributed by atoms with Crippen LogP contribution in [-0.4, -0.2) is 16.8 Å². The van der Waals surface area contributed by atoms with Gasteiger partial charge < -0.3 is 9.32 Å². The molecule has 0 spiro atoms. The van der Waals surface area contributed by atoms with Crippen LogP contribution in [-0.2, 0) is 6.54 Å². The van der Waals surface area contributed by atoms with Crippen molar-refractivity contribution in [2.45, 2.75) is 33.4 Å². The molecular weight excluding hydrogens is 276 g/mol. The van der Waals surface area contributed by atoms with Crippen molar-refractivity contribution in [3.05, 3.63) is 59.5 Å². The quantitative estimate of drug-likeness (QED) is 0.842. The monoisotopic (exact) mass is 296 g/mol. The lowest BCUT2D eigenvalue weighted by Crippen LogP contribution is -2.41. The van der Waals surface area contributed by atoms with Crippen LogP contribution in [0.1, 0.15) is 42.5 Å². The molecule has 4 nitrogen and oxygen atoms in total. The van der Waals surface area contributed by atoms with Gasteiger partial charge in [-0.1, -0.05) is 26.0 Å². The maximum atomic E-state index is 12.9. The molecule has 0 saturated heterocycles. The van der Waals surface area contributed by atoms with Gasteiger partial charge in [0.2, 0.25) is 0 Å². The minimum Gasteiger partial charge on any atom is -0.467 e. The molecule has 0 saturated carbocycles. The van der Waals surface area contributed by atoms with Crippen molar-refractivity contribution in [1.82, 2.24) is 4.90 Å². The van der Waals surface area contributed by atoms with Gasteiger partial charge in [0.25, 0.3) is 5.91 Å². The van der Waals surface area contributed by atoms with Gasteiger partial charge in [0.05, 0.1) is 30.0 Å². The summed E-state index contributed by atoms with van der Waals surface area (Å²) in [6.45, 7) is 6.55. The zero-order valence-electron chi connectivity index (χ0n) is 13.1. The van der Waals surface area contributed by atoms with Crippen LogP contribution in [0, 0.1) is 17.2 Å². The lowest BCUT2D eigenvalue weighted by molar-refractivity contribution is 0.0610. The summed E-state index contributed by atoms with van der Waals surface area (Å²) in [6.07, 6.45) is 1.60. The topological polar surface area (TPSA) is 57.2 Å². The largest absolute Gasteiger partial charge is 0.467 e. The van der Waals surface area contributed by atoms with Crippen molar-refractivity contribution in [2.24, 2.45) is 5.92 Å². The molecule has 0 N–H and O–H groups in total. The molecule has 114 valence electrons. The highest BCUT2D eigenvalue weighted by Crippen LogP contribution is 2.20. The Bertz CT molecular complexity index is 669. The fraction of sp³-hybridized carbons (Fsp3) is 0.333. The second-order valence-corrected chi connectivity index (χ2v) is 5.65. The molecule has 2 rings (SSSR count). The van der Waals surface area contributed by atoms with Gasteiger partial charge in [-0.2, -0.15) is 5.26 Å². The molecule has 0 fully saturated rings. The van der Waals surface area contributed by atoms with Crippen molar-refractivity contribution in [3.63, 3.8) is 0 Å². The number of hydrogen-bond donors (Lipinski definition) is 0. The van der Waals surface area contributed by atoms with Crippen molar-refractivity contribution in [1.29, 1.82) is 5.26 Å². The van der Waals surface area contributed by atoms with E-state index in [2.05, 4.69) is 19.9 Å². The Hall–Kier alpha value is -2.54. The van der Waals surface area contributed by atoms with E-state index in [9.17, 15) is 10.1 Å². The first-order valence-electron chi connectivity index (χ1n) is 7.37. The van der Waals surface area contributed by atoms with E-state index in [0.717, 1.165) is 5.76 Å². The molecule has 1 aromatic carbocycles. The van der Waals surface area contributed by atoms with E-state index in [4.69, 9.17) is 4.42 Å².